The van der Waals surface area contributed by atoms with Gasteiger partial charge in [-0.15, -0.1) is 0 Å². The first-order chi connectivity index (χ1) is 9.61. The largest absolute Gasteiger partial charge is 0.294 e. The molecule has 0 aromatic heterocycles. The number of ketones is 1. The lowest BCUT2D eigenvalue weighted by atomic mass is 9.77. The summed E-state index contributed by atoms with van der Waals surface area (Å²) in [5, 5.41) is 0.335. The van der Waals surface area contributed by atoms with Crippen molar-refractivity contribution >= 4 is 17.4 Å². The third-order valence-corrected chi connectivity index (χ3v) is 4.62. The zero-order valence-electron chi connectivity index (χ0n) is 12.0. The second-order valence-corrected chi connectivity index (χ2v) is 6.28. The van der Waals surface area contributed by atoms with Crippen LogP contribution in [0.1, 0.15) is 62.2 Å². The molecule has 0 radical (unpaired) electrons. The lowest BCUT2D eigenvalue weighted by Gasteiger charge is -2.27. The van der Waals surface area contributed by atoms with Crippen molar-refractivity contribution in [1.82, 2.24) is 0 Å². The van der Waals surface area contributed by atoms with Gasteiger partial charge in [0, 0.05) is 10.9 Å². The molecule has 0 heterocycles. The van der Waals surface area contributed by atoms with E-state index in [2.05, 4.69) is 6.92 Å². The van der Waals surface area contributed by atoms with Gasteiger partial charge in [-0.2, -0.15) is 0 Å². The molecule has 1 saturated carbocycles. The molecule has 2 rings (SSSR count). The van der Waals surface area contributed by atoms with E-state index < -0.39 is 5.82 Å². The summed E-state index contributed by atoms with van der Waals surface area (Å²) in [7, 11) is 0. The van der Waals surface area contributed by atoms with Crippen LogP contribution in [0.2, 0.25) is 5.02 Å². The average molecular weight is 297 g/mol. The van der Waals surface area contributed by atoms with Gasteiger partial charge in [0.1, 0.15) is 5.82 Å². The van der Waals surface area contributed by atoms with Crippen LogP contribution in [0.4, 0.5) is 4.39 Å². The Balaban J connectivity index is 1.94. The Morgan fingerprint density at radius 3 is 2.60 bits per heavy atom. The molecule has 1 aromatic carbocycles. The number of benzene rings is 1. The molecule has 0 saturated heterocycles. The van der Waals surface area contributed by atoms with Crippen LogP contribution in [0.25, 0.3) is 0 Å². The lowest BCUT2D eigenvalue weighted by Crippen LogP contribution is -2.22. The number of hydrogen-bond acceptors (Lipinski definition) is 1. The molecule has 0 aliphatic heterocycles. The number of unbranched alkanes of at least 4 members (excludes halogenated alkanes) is 1. The van der Waals surface area contributed by atoms with Gasteiger partial charge < -0.3 is 0 Å². The second-order valence-electron chi connectivity index (χ2n) is 5.85. The van der Waals surface area contributed by atoms with Gasteiger partial charge in [0.2, 0.25) is 0 Å². The van der Waals surface area contributed by atoms with E-state index in [1.54, 1.807) is 6.07 Å². The molecule has 0 spiro atoms. The quantitative estimate of drug-likeness (QED) is 0.641. The van der Waals surface area contributed by atoms with Gasteiger partial charge >= 0.3 is 0 Å². The van der Waals surface area contributed by atoms with Crippen molar-refractivity contribution in [2.24, 2.45) is 11.8 Å². The van der Waals surface area contributed by atoms with Gasteiger partial charge in [-0.25, -0.2) is 4.39 Å². The van der Waals surface area contributed by atoms with Crippen LogP contribution in [-0.2, 0) is 0 Å². The normalized spacial score (nSPS) is 22.8. The highest BCUT2D eigenvalue weighted by Gasteiger charge is 2.28. The number of carbonyl (C=O) groups excluding carboxylic acids is 1. The SMILES string of the molecule is CCCCC1CCC(C(=O)c2ccc(Cl)cc2F)CC1. The van der Waals surface area contributed by atoms with Crippen LogP contribution >= 0.6 is 11.6 Å². The molecule has 0 amide bonds. The number of hydrogen-bond donors (Lipinski definition) is 0. The summed E-state index contributed by atoms with van der Waals surface area (Å²) in [5.74, 6) is 0.210. The maximum atomic E-state index is 13.8. The molecule has 1 aliphatic rings. The van der Waals surface area contributed by atoms with Gasteiger partial charge in [-0.3, -0.25) is 4.79 Å². The fraction of sp³-hybridized carbons (Fsp3) is 0.588. The molecule has 110 valence electrons. The summed E-state index contributed by atoms with van der Waals surface area (Å²) in [6.45, 7) is 2.21. The molecule has 1 aromatic rings. The molecule has 0 bridgehead atoms. The lowest BCUT2D eigenvalue weighted by molar-refractivity contribution is 0.0865. The van der Waals surface area contributed by atoms with Crippen LogP contribution in [0, 0.1) is 17.7 Å². The Bertz CT molecular complexity index is 464. The third kappa shape index (κ3) is 3.82. The van der Waals surface area contributed by atoms with Gasteiger partial charge in [-0.1, -0.05) is 37.8 Å². The molecule has 20 heavy (non-hydrogen) atoms. The first-order valence-electron chi connectivity index (χ1n) is 7.61. The van der Waals surface area contributed by atoms with Crippen molar-refractivity contribution in [3.63, 3.8) is 0 Å². The third-order valence-electron chi connectivity index (χ3n) is 4.38. The highest BCUT2D eigenvalue weighted by Crippen LogP contribution is 2.34. The summed E-state index contributed by atoms with van der Waals surface area (Å²) in [6, 6.07) is 4.33. The molecule has 1 aliphatic carbocycles. The maximum Gasteiger partial charge on any atom is 0.168 e. The van der Waals surface area contributed by atoms with E-state index in [1.165, 1.54) is 31.4 Å². The zero-order chi connectivity index (χ0) is 14.5. The van der Waals surface area contributed by atoms with Crippen molar-refractivity contribution in [1.29, 1.82) is 0 Å². The number of Topliss-reactive ketones (excluding diaryl/α,β-unsaturated/α-hetero) is 1. The summed E-state index contributed by atoms with van der Waals surface area (Å²) < 4.78 is 13.8. The van der Waals surface area contributed by atoms with E-state index in [-0.39, 0.29) is 17.3 Å². The summed E-state index contributed by atoms with van der Waals surface area (Å²) in [4.78, 5) is 12.4. The minimum Gasteiger partial charge on any atom is -0.294 e. The van der Waals surface area contributed by atoms with Gasteiger partial charge in [0.25, 0.3) is 0 Å². The minimum atomic E-state index is -0.490. The minimum absolute atomic E-state index is 0.0106. The Morgan fingerprint density at radius 2 is 2.00 bits per heavy atom. The van der Waals surface area contributed by atoms with E-state index in [4.69, 9.17) is 11.6 Å². The fourth-order valence-corrected chi connectivity index (χ4v) is 3.27. The summed E-state index contributed by atoms with van der Waals surface area (Å²) >= 11 is 5.72. The van der Waals surface area contributed by atoms with Crippen molar-refractivity contribution in [2.45, 2.75) is 51.9 Å². The first-order valence-corrected chi connectivity index (χ1v) is 7.99. The van der Waals surface area contributed by atoms with Crippen LogP contribution in [0.5, 0.6) is 0 Å². The molecular formula is C17H22ClFO. The fourth-order valence-electron chi connectivity index (χ4n) is 3.12. The van der Waals surface area contributed by atoms with Crippen molar-refractivity contribution < 1.29 is 9.18 Å². The molecule has 0 N–H and O–H groups in total. The smallest absolute Gasteiger partial charge is 0.168 e. The average Bonchev–Trinajstić information content (AvgIpc) is 2.45. The first kappa shape index (κ1) is 15.5. The summed E-state index contributed by atoms with van der Waals surface area (Å²) in [6.07, 6.45) is 7.78. The highest BCUT2D eigenvalue weighted by molar-refractivity contribution is 6.30. The van der Waals surface area contributed by atoms with Crippen LogP contribution in [0.15, 0.2) is 18.2 Å². The highest BCUT2D eigenvalue weighted by atomic mass is 35.5. The molecule has 3 heteroatoms. The molecule has 1 fully saturated rings. The standard InChI is InChI=1S/C17H22ClFO/c1-2-3-4-12-5-7-13(8-6-12)17(20)15-10-9-14(18)11-16(15)19/h9-13H,2-8H2,1H3. The number of rotatable bonds is 5. The van der Waals surface area contributed by atoms with E-state index in [0.717, 1.165) is 31.6 Å². The Labute approximate surface area is 125 Å². The van der Waals surface area contributed by atoms with Crippen LogP contribution in [-0.4, -0.2) is 5.78 Å². The predicted molar refractivity (Wildman–Crippen MR) is 80.7 cm³/mol. The predicted octanol–water partition coefficient (Wildman–Crippen LogP) is 5.66. The number of carbonyl (C=O) groups is 1. The van der Waals surface area contributed by atoms with E-state index in [9.17, 15) is 9.18 Å². The maximum absolute atomic E-state index is 13.8. The van der Waals surface area contributed by atoms with Gasteiger partial charge in [0.05, 0.1) is 5.56 Å². The monoisotopic (exact) mass is 296 g/mol. The topological polar surface area (TPSA) is 17.1 Å². The van der Waals surface area contributed by atoms with E-state index in [0.29, 0.717) is 5.02 Å². The Morgan fingerprint density at radius 1 is 1.30 bits per heavy atom. The molecular weight excluding hydrogens is 275 g/mol. The van der Waals surface area contributed by atoms with Crippen molar-refractivity contribution in [3.05, 3.63) is 34.6 Å². The van der Waals surface area contributed by atoms with Gasteiger partial charge in [0.15, 0.2) is 5.78 Å². The number of halogens is 2. The van der Waals surface area contributed by atoms with Gasteiger partial charge in [-0.05, 0) is 49.8 Å². The zero-order valence-corrected chi connectivity index (χ0v) is 12.8. The Hall–Kier alpha value is -0.890. The van der Waals surface area contributed by atoms with Crippen molar-refractivity contribution in [3.8, 4) is 0 Å². The Kier molecular flexibility index (Phi) is 5.59. The van der Waals surface area contributed by atoms with E-state index in [1.807, 2.05) is 0 Å². The van der Waals surface area contributed by atoms with Crippen molar-refractivity contribution in [2.75, 3.05) is 0 Å². The molecule has 0 unspecified atom stereocenters. The van der Waals surface area contributed by atoms with E-state index >= 15 is 0 Å². The molecule has 0 atom stereocenters. The van der Waals surface area contributed by atoms with Crippen LogP contribution < -0.4 is 0 Å². The second kappa shape index (κ2) is 7.21. The summed E-state index contributed by atoms with van der Waals surface area (Å²) in [5.41, 5.74) is 0.200. The van der Waals surface area contributed by atoms with Crippen LogP contribution in [0.3, 0.4) is 0 Å². The molecule has 1 nitrogen and oxygen atoms in total.